The van der Waals surface area contributed by atoms with Gasteiger partial charge in [0.15, 0.2) is 0 Å². The molecule has 58 valence electrons. The molecule has 1 fully saturated rings. The van der Waals surface area contributed by atoms with Crippen LogP contribution >= 0.6 is 0 Å². The first-order valence-electron chi connectivity index (χ1n) is 3.59. The Hall–Kier alpha value is -0.700. The van der Waals surface area contributed by atoms with Gasteiger partial charge in [-0.2, -0.15) is 0 Å². The summed E-state index contributed by atoms with van der Waals surface area (Å²) in [5.74, 6) is 0.524. The van der Waals surface area contributed by atoms with Crippen molar-refractivity contribution in [1.82, 2.24) is 5.32 Å². The molecule has 1 atom stereocenters. The van der Waals surface area contributed by atoms with E-state index in [0.29, 0.717) is 11.9 Å². The Kier molecular flexibility index (Phi) is 2.57. The van der Waals surface area contributed by atoms with Crippen LogP contribution < -0.4 is 11.1 Å². The maximum absolute atomic E-state index is 5.34. The van der Waals surface area contributed by atoms with E-state index < -0.39 is 0 Å². The second kappa shape index (κ2) is 3.46. The van der Waals surface area contributed by atoms with Crippen molar-refractivity contribution in [3.63, 3.8) is 0 Å². The normalized spacial score (nSPS) is 24.6. The first-order valence-corrected chi connectivity index (χ1v) is 3.59. The van der Waals surface area contributed by atoms with Crippen LogP contribution in [-0.4, -0.2) is 19.3 Å². The van der Waals surface area contributed by atoms with Gasteiger partial charge in [-0.25, -0.2) is 0 Å². The second-order valence-electron chi connectivity index (χ2n) is 2.54. The fourth-order valence-electron chi connectivity index (χ4n) is 1.05. The monoisotopic (exact) mass is 142 g/mol. The minimum absolute atomic E-state index is 0.347. The highest BCUT2D eigenvalue weighted by Crippen LogP contribution is 2.10. The zero-order chi connectivity index (χ0) is 7.40. The molecule has 0 aromatic carbocycles. The fraction of sp³-hybridized carbons (Fsp3) is 0.714. The van der Waals surface area contributed by atoms with Gasteiger partial charge < -0.3 is 15.8 Å². The van der Waals surface area contributed by atoms with E-state index in [9.17, 15) is 0 Å². The van der Waals surface area contributed by atoms with Gasteiger partial charge in [0.25, 0.3) is 0 Å². The van der Waals surface area contributed by atoms with E-state index in [1.165, 1.54) is 6.42 Å². The number of hydrogen-bond donors (Lipinski definition) is 2. The fourth-order valence-corrected chi connectivity index (χ4v) is 1.05. The van der Waals surface area contributed by atoms with Gasteiger partial charge in [-0.3, -0.25) is 0 Å². The lowest BCUT2D eigenvalue weighted by Gasteiger charge is -2.10. The topological polar surface area (TPSA) is 47.3 Å². The average Bonchev–Trinajstić information content (AvgIpc) is 2.34. The molecule has 0 aromatic rings. The minimum Gasteiger partial charge on any atom is -0.386 e. The lowest BCUT2D eigenvalue weighted by atomic mass is 10.2. The molecule has 1 aliphatic heterocycles. The first kappa shape index (κ1) is 7.41. The zero-order valence-electron chi connectivity index (χ0n) is 6.10. The molecule has 0 amide bonds. The van der Waals surface area contributed by atoms with Gasteiger partial charge >= 0.3 is 0 Å². The van der Waals surface area contributed by atoms with Crippen LogP contribution in [0.1, 0.15) is 12.8 Å². The number of nitrogens with two attached hydrogens (primary N) is 1. The molecule has 1 unspecified atom stereocenters. The van der Waals surface area contributed by atoms with E-state index in [1.54, 1.807) is 0 Å². The zero-order valence-corrected chi connectivity index (χ0v) is 6.10. The second-order valence-corrected chi connectivity index (χ2v) is 2.54. The van der Waals surface area contributed by atoms with Crippen molar-refractivity contribution in [2.75, 3.05) is 13.2 Å². The van der Waals surface area contributed by atoms with Crippen LogP contribution in [0.5, 0.6) is 0 Å². The van der Waals surface area contributed by atoms with Crippen molar-refractivity contribution in [2.45, 2.75) is 18.9 Å². The van der Waals surface area contributed by atoms with Crippen molar-refractivity contribution >= 4 is 0 Å². The van der Waals surface area contributed by atoms with E-state index >= 15 is 0 Å². The van der Waals surface area contributed by atoms with E-state index in [2.05, 4.69) is 11.9 Å². The predicted molar refractivity (Wildman–Crippen MR) is 40.3 cm³/mol. The molecule has 0 spiro atoms. The Balaban J connectivity index is 2.07. The quantitative estimate of drug-likeness (QED) is 0.591. The van der Waals surface area contributed by atoms with Crippen molar-refractivity contribution in [3.05, 3.63) is 12.4 Å². The molecule has 0 saturated carbocycles. The summed E-state index contributed by atoms with van der Waals surface area (Å²) in [6.45, 7) is 5.22. The van der Waals surface area contributed by atoms with E-state index in [-0.39, 0.29) is 0 Å². The molecule has 1 saturated heterocycles. The van der Waals surface area contributed by atoms with Crippen molar-refractivity contribution in [3.8, 4) is 0 Å². The molecule has 3 heteroatoms. The summed E-state index contributed by atoms with van der Waals surface area (Å²) in [6.07, 6.45) is 2.66. The van der Waals surface area contributed by atoms with E-state index in [4.69, 9.17) is 10.5 Å². The van der Waals surface area contributed by atoms with Gasteiger partial charge in [0, 0.05) is 13.2 Å². The number of nitrogens with one attached hydrogen (secondary N) is 1. The van der Waals surface area contributed by atoms with Crippen LogP contribution in [0.3, 0.4) is 0 Å². The van der Waals surface area contributed by atoms with E-state index in [1.807, 2.05) is 0 Å². The highest BCUT2D eigenvalue weighted by molar-refractivity contribution is 4.84. The molecule has 3 nitrogen and oxygen atoms in total. The summed E-state index contributed by atoms with van der Waals surface area (Å²) in [7, 11) is 0. The Labute approximate surface area is 61.2 Å². The van der Waals surface area contributed by atoms with Gasteiger partial charge in [-0.05, 0) is 12.8 Å². The molecular formula is C7H14N2O. The molecule has 10 heavy (non-hydrogen) atoms. The third-order valence-electron chi connectivity index (χ3n) is 1.58. The van der Waals surface area contributed by atoms with Crippen molar-refractivity contribution in [2.24, 2.45) is 5.73 Å². The summed E-state index contributed by atoms with van der Waals surface area (Å²) >= 11 is 0. The van der Waals surface area contributed by atoms with Gasteiger partial charge in [0.1, 0.15) is 0 Å². The molecule has 1 aliphatic rings. The number of rotatable bonds is 3. The van der Waals surface area contributed by atoms with Crippen LogP contribution in [0, 0.1) is 0 Å². The van der Waals surface area contributed by atoms with Gasteiger partial charge in [0.05, 0.1) is 11.9 Å². The van der Waals surface area contributed by atoms with Crippen molar-refractivity contribution in [1.29, 1.82) is 0 Å². The molecule has 1 rings (SSSR count). The Morgan fingerprint density at radius 2 is 2.60 bits per heavy atom. The molecule has 0 aliphatic carbocycles. The summed E-state index contributed by atoms with van der Waals surface area (Å²) in [4.78, 5) is 0. The third kappa shape index (κ3) is 2.27. The lowest BCUT2D eigenvalue weighted by Crippen LogP contribution is -2.28. The third-order valence-corrected chi connectivity index (χ3v) is 1.58. The summed E-state index contributed by atoms with van der Waals surface area (Å²) in [6, 6.07) is 0. The Morgan fingerprint density at radius 3 is 3.10 bits per heavy atom. The maximum atomic E-state index is 5.34. The molecule has 0 radical (unpaired) electrons. The van der Waals surface area contributed by atoms with Crippen LogP contribution in [0.15, 0.2) is 12.4 Å². The largest absolute Gasteiger partial charge is 0.386 e. The summed E-state index contributed by atoms with van der Waals surface area (Å²) in [5.41, 5.74) is 5.31. The van der Waals surface area contributed by atoms with Crippen LogP contribution in [-0.2, 0) is 4.74 Å². The van der Waals surface area contributed by atoms with Gasteiger partial charge in [0.2, 0.25) is 0 Å². The standard InChI is InChI=1S/C7H14N2O/c1-6(8)9-5-7-3-2-4-10-7/h7,9H,1-5,8H2. The minimum atomic E-state index is 0.347. The maximum Gasteiger partial charge on any atom is 0.0886 e. The highest BCUT2D eigenvalue weighted by atomic mass is 16.5. The highest BCUT2D eigenvalue weighted by Gasteiger charge is 2.14. The lowest BCUT2D eigenvalue weighted by molar-refractivity contribution is 0.112. The predicted octanol–water partition coefficient (Wildman–Crippen LogP) is 0.185. The van der Waals surface area contributed by atoms with Crippen LogP contribution in [0.4, 0.5) is 0 Å². The first-order chi connectivity index (χ1) is 4.79. The molecular weight excluding hydrogens is 128 g/mol. The Bertz CT molecular complexity index is 119. The van der Waals surface area contributed by atoms with Gasteiger partial charge in [-0.1, -0.05) is 6.58 Å². The number of ether oxygens (including phenoxy) is 1. The SMILES string of the molecule is C=C(N)NCC1CCCO1. The molecule has 0 bridgehead atoms. The number of hydrogen-bond acceptors (Lipinski definition) is 3. The van der Waals surface area contributed by atoms with Crippen LogP contribution in [0.2, 0.25) is 0 Å². The van der Waals surface area contributed by atoms with Crippen LogP contribution in [0.25, 0.3) is 0 Å². The summed E-state index contributed by atoms with van der Waals surface area (Å²) in [5, 5.41) is 2.95. The van der Waals surface area contributed by atoms with Gasteiger partial charge in [-0.15, -0.1) is 0 Å². The molecule has 0 aromatic heterocycles. The smallest absolute Gasteiger partial charge is 0.0886 e. The summed E-state index contributed by atoms with van der Waals surface area (Å²) < 4.78 is 5.34. The molecule has 3 N–H and O–H groups in total. The molecule has 1 heterocycles. The Morgan fingerprint density at radius 1 is 1.80 bits per heavy atom. The van der Waals surface area contributed by atoms with E-state index in [0.717, 1.165) is 19.6 Å². The van der Waals surface area contributed by atoms with Crippen molar-refractivity contribution < 1.29 is 4.74 Å². The average molecular weight is 142 g/mol.